The molecule has 0 N–H and O–H groups in total. The molecular formula is C18H28N2O. The third kappa shape index (κ3) is 4.39. The second kappa shape index (κ2) is 7.71. The Kier molecular flexibility index (Phi) is 5.95. The minimum atomic E-state index is 0.275. The van der Waals surface area contributed by atoms with Crippen molar-refractivity contribution in [2.75, 3.05) is 32.7 Å². The molecule has 1 fully saturated rings. The van der Waals surface area contributed by atoms with Crippen molar-refractivity contribution in [1.82, 2.24) is 9.80 Å². The van der Waals surface area contributed by atoms with Gasteiger partial charge in [-0.15, -0.1) is 0 Å². The first-order chi connectivity index (χ1) is 10.1. The second-order valence-electron chi connectivity index (χ2n) is 6.12. The van der Waals surface area contributed by atoms with Gasteiger partial charge >= 0.3 is 0 Å². The molecular weight excluding hydrogens is 260 g/mol. The number of carbonyl (C=O) groups excluding carboxylic acids is 1. The molecule has 3 heteroatoms. The smallest absolute Gasteiger partial charge is 0.164 e. The van der Waals surface area contributed by atoms with Crippen molar-refractivity contribution in [3.63, 3.8) is 0 Å². The molecule has 0 spiro atoms. The Morgan fingerprint density at radius 1 is 1.19 bits per heavy atom. The molecule has 1 saturated heterocycles. The van der Waals surface area contributed by atoms with Crippen LogP contribution in [0.4, 0.5) is 0 Å². The van der Waals surface area contributed by atoms with Crippen molar-refractivity contribution in [2.45, 2.75) is 39.7 Å². The fourth-order valence-electron chi connectivity index (χ4n) is 2.97. The Labute approximate surface area is 128 Å². The summed E-state index contributed by atoms with van der Waals surface area (Å²) >= 11 is 0. The van der Waals surface area contributed by atoms with E-state index in [9.17, 15) is 4.79 Å². The Bertz CT molecular complexity index is 464. The third-order valence-electron chi connectivity index (χ3n) is 4.72. The first-order valence-electron chi connectivity index (χ1n) is 8.17. The van der Waals surface area contributed by atoms with Gasteiger partial charge in [0, 0.05) is 50.7 Å². The van der Waals surface area contributed by atoms with Crippen LogP contribution in [0.5, 0.6) is 0 Å². The molecule has 1 atom stereocenters. The number of piperazine rings is 1. The third-order valence-corrected chi connectivity index (χ3v) is 4.72. The zero-order valence-corrected chi connectivity index (χ0v) is 13.6. The van der Waals surface area contributed by atoms with Gasteiger partial charge in [0.2, 0.25) is 0 Å². The molecule has 1 aromatic rings. The highest BCUT2D eigenvalue weighted by Crippen LogP contribution is 2.12. The number of Topliss-reactive ketones (excluding diaryl/α,β-unsaturated/α-hetero) is 1. The molecule has 0 bridgehead atoms. The largest absolute Gasteiger partial charge is 0.300 e. The van der Waals surface area contributed by atoms with Crippen molar-refractivity contribution < 1.29 is 4.79 Å². The SMILES string of the molecule is CCC(C)N1CCN(CCC(=O)c2ccccc2C)CC1. The predicted octanol–water partition coefficient (Wildman–Crippen LogP) is 2.98. The van der Waals surface area contributed by atoms with E-state index in [1.54, 1.807) is 0 Å². The van der Waals surface area contributed by atoms with E-state index in [1.807, 2.05) is 31.2 Å². The van der Waals surface area contributed by atoms with Crippen LogP contribution in [0.15, 0.2) is 24.3 Å². The number of hydrogen-bond acceptors (Lipinski definition) is 3. The molecule has 3 nitrogen and oxygen atoms in total. The Morgan fingerprint density at radius 3 is 2.48 bits per heavy atom. The molecule has 1 heterocycles. The van der Waals surface area contributed by atoms with E-state index in [0.29, 0.717) is 12.5 Å². The summed E-state index contributed by atoms with van der Waals surface area (Å²) in [5.41, 5.74) is 1.97. The van der Waals surface area contributed by atoms with Crippen molar-refractivity contribution in [3.8, 4) is 0 Å². The monoisotopic (exact) mass is 288 g/mol. The molecule has 0 aliphatic carbocycles. The van der Waals surface area contributed by atoms with Gasteiger partial charge in [-0.05, 0) is 25.8 Å². The van der Waals surface area contributed by atoms with Crippen LogP contribution in [0, 0.1) is 6.92 Å². The van der Waals surface area contributed by atoms with Gasteiger partial charge in [0.05, 0.1) is 0 Å². The standard InChI is InChI=1S/C18H28N2O/c1-4-16(3)20-13-11-19(12-14-20)10-9-18(21)17-8-6-5-7-15(17)2/h5-8,16H,4,9-14H2,1-3H3. The molecule has 1 aliphatic rings. The van der Waals surface area contributed by atoms with Gasteiger partial charge in [0.1, 0.15) is 0 Å². The van der Waals surface area contributed by atoms with Crippen molar-refractivity contribution >= 4 is 5.78 Å². The number of rotatable bonds is 6. The van der Waals surface area contributed by atoms with Gasteiger partial charge in [-0.2, -0.15) is 0 Å². The minimum Gasteiger partial charge on any atom is -0.300 e. The lowest BCUT2D eigenvalue weighted by atomic mass is 10.0. The molecule has 1 aliphatic heterocycles. The quantitative estimate of drug-likeness (QED) is 0.752. The van der Waals surface area contributed by atoms with Crippen LogP contribution in [0.25, 0.3) is 0 Å². The summed E-state index contributed by atoms with van der Waals surface area (Å²) < 4.78 is 0. The van der Waals surface area contributed by atoms with Crippen LogP contribution in [0.1, 0.15) is 42.6 Å². The average molecular weight is 288 g/mol. The van der Waals surface area contributed by atoms with Crippen LogP contribution in [-0.4, -0.2) is 54.3 Å². The number of hydrogen-bond donors (Lipinski definition) is 0. The molecule has 0 amide bonds. The van der Waals surface area contributed by atoms with Crippen molar-refractivity contribution in [1.29, 1.82) is 0 Å². The van der Waals surface area contributed by atoms with E-state index in [4.69, 9.17) is 0 Å². The maximum atomic E-state index is 12.3. The zero-order valence-electron chi connectivity index (χ0n) is 13.6. The fraction of sp³-hybridized carbons (Fsp3) is 0.611. The number of aryl methyl sites for hydroxylation is 1. The lowest BCUT2D eigenvalue weighted by Crippen LogP contribution is -2.49. The Balaban J connectivity index is 1.77. The summed E-state index contributed by atoms with van der Waals surface area (Å²) in [6.07, 6.45) is 1.85. The topological polar surface area (TPSA) is 23.6 Å². The van der Waals surface area contributed by atoms with Crippen LogP contribution in [0.3, 0.4) is 0 Å². The molecule has 116 valence electrons. The first kappa shape index (κ1) is 16.2. The van der Waals surface area contributed by atoms with Crippen molar-refractivity contribution in [3.05, 3.63) is 35.4 Å². The molecule has 2 rings (SSSR count). The minimum absolute atomic E-state index is 0.275. The van der Waals surface area contributed by atoms with Gasteiger partial charge in [-0.25, -0.2) is 0 Å². The summed E-state index contributed by atoms with van der Waals surface area (Å²) in [4.78, 5) is 17.3. The number of nitrogens with zero attached hydrogens (tertiary/aromatic N) is 2. The molecule has 0 saturated carbocycles. The lowest BCUT2D eigenvalue weighted by molar-refractivity contribution is 0.0866. The number of ketones is 1. The summed E-state index contributed by atoms with van der Waals surface area (Å²) in [5, 5.41) is 0. The molecule has 1 aromatic carbocycles. The van der Waals surface area contributed by atoms with Gasteiger partial charge in [-0.3, -0.25) is 9.69 Å². The van der Waals surface area contributed by atoms with Crippen LogP contribution >= 0.6 is 0 Å². The summed E-state index contributed by atoms with van der Waals surface area (Å²) in [5.74, 6) is 0.275. The van der Waals surface area contributed by atoms with E-state index in [2.05, 4.69) is 23.6 Å². The normalized spacial score (nSPS) is 18.6. The van der Waals surface area contributed by atoms with E-state index >= 15 is 0 Å². The Hall–Kier alpha value is -1.19. The number of carbonyl (C=O) groups is 1. The van der Waals surface area contributed by atoms with Gasteiger partial charge in [0.15, 0.2) is 5.78 Å². The predicted molar refractivity (Wildman–Crippen MR) is 87.9 cm³/mol. The maximum absolute atomic E-state index is 12.3. The second-order valence-corrected chi connectivity index (χ2v) is 6.12. The van der Waals surface area contributed by atoms with Gasteiger partial charge in [0.25, 0.3) is 0 Å². The van der Waals surface area contributed by atoms with Crippen molar-refractivity contribution in [2.24, 2.45) is 0 Å². The zero-order chi connectivity index (χ0) is 15.2. The highest BCUT2D eigenvalue weighted by atomic mass is 16.1. The van der Waals surface area contributed by atoms with E-state index in [0.717, 1.165) is 43.9 Å². The van der Waals surface area contributed by atoms with Crippen LogP contribution in [-0.2, 0) is 0 Å². The van der Waals surface area contributed by atoms with E-state index < -0.39 is 0 Å². The number of benzene rings is 1. The average Bonchev–Trinajstić information content (AvgIpc) is 2.52. The summed E-state index contributed by atoms with van der Waals surface area (Å²) in [6, 6.07) is 8.57. The molecule has 21 heavy (non-hydrogen) atoms. The lowest BCUT2D eigenvalue weighted by Gasteiger charge is -2.37. The summed E-state index contributed by atoms with van der Waals surface area (Å²) in [7, 11) is 0. The Morgan fingerprint density at radius 2 is 1.86 bits per heavy atom. The molecule has 0 aromatic heterocycles. The summed E-state index contributed by atoms with van der Waals surface area (Å²) in [6.45, 7) is 11.9. The molecule has 0 radical (unpaired) electrons. The molecule has 1 unspecified atom stereocenters. The van der Waals surface area contributed by atoms with Gasteiger partial charge in [-0.1, -0.05) is 31.2 Å². The van der Waals surface area contributed by atoms with Crippen LogP contribution in [0.2, 0.25) is 0 Å². The highest BCUT2D eigenvalue weighted by Gasteiger charge is 2.20. The van der Waals surface area contributed by atoms with Gasteiger partial charge < -0.3 is 4.90 Å². The first-order valence-corrected chi connectivity index (χ1v) is 8.17. The van der Waals surface area contributed by atoms with E-state index in [1.165, 1.54) is 6.42 Å². The van der Waals surface area contributed by atoms with E-state index in [-0.39, 0.29) is 5.78 Å². The maximum Gasteiger partial charge on any atom is 0.164 e. The fourth-order valence-corrected chi connectivity index (χ4v) is 2.97. The highest BCUT2D eigenvalue weighted by molar-refractivity contribution is 5.97. The van der Waals surface area contributed by atoms with Crippen LogP contribution < -0.4 is 0 Å².